The molecular formula is C14H26Cl2O2. The largest absolute Gasteiger partial charge is 0.468 e. The molecule has 2 atom stereocenters. The predicted octanol–water partition coefficient (Wildman–Crippen LogP) is 4.76. The summed E-state index contributed by atoms with van der Waals surface area (Å²) in [6, 6.07) is 0. The third kappa shape index (κ3) is 5.79. The number of methoxy groups -OCH3 is 1. The maximum absolute atomic E-state index is 11.8. The van der Waals surface area contributed by atoms with Gasteiger partial charge in [0, 0.05) is 5.38 Å². The van der Waals surface area contributed by atoms with Crippen LogP contribution in [0.3, 0.4) is 0 Å². The van der Waals surface area contributed by atoms with Crippen LogP contribution in [0.4, 0.5) is 0 Å². The highest BCUT2D eigenvalue weighted by Crippen LogP contribution is 2.34. The van der Waals surface area contributed by atoms with Crippen molar-refractivity contribution < 1.29 is 9.53 Å². The second kappa shape index (κ2) is 9.03. The molecule has 0 radical (unpaired) electrons. The first kappa shape index (κ1) is 18.0. The Bertz CT molecular complexity index is 244. The highest BCUT2D eigenvalue weighted by Gasteiger charge is 2.42. The van der Waals surface area contributed by atoms with Crippen LogP contribution < -0.4 is 0 Å². The van der Waals surface area contributed by atoms with Crippen molar-refractivity contribution in [1.29, 1.82) is 0 Å². The summed E-state index contributed by atoms with van der Waals surface area (Å²) in [5.41, 5.74) is 0. The van der Waals surface area contributed by atoms with E-state index in [9.17, 15) is 4.79 Å². The molecule has 108 valence electrons. The van der Waals surface area contributed by atoms with Crippen molar-refractivity contribution in [2.45, 2.75) is 69.5 Å². The molecule has 0 saturated carbocycles. The Morgan fingerprint density at radius 1 is 1.28 bits per heavy atom. The van der Waals surface area contributed by atoms with Crippen LogP contribution in [0, 0.1) is 5.92 Å². The van der Waals surface area contributed by atoms with Gasteiger partial charge in [-0.05, 0) is 18.8 Å². The van der Waals surface area contributed by atoms with Crippen molar-refractivity contribution in [3.05, 3.63) is 0 Å². The van der Waals surface area contributed by atoms with Crippen molar-refractivity contribution >= 4 is 29.2 Å². The number of carbonyl (C=O) groups is 1. The molecular weight excluding hydrogens is 271 g/mol. The van der Waals surface area contributed by atoms with Crippen molar-refractivity contribution in [3.8, 4) is 0 Å². The lowest BCUT2D eigenvalue weighted by Gasteiger charge is -2.30. The average molecular weight is 297 g/mol. The van der Waals surface area contributed by atoms with Crippen LogP contribution in [0.15, 0.2) is 0 Å². The summed E-state index contributed by atoms with van der Waals surface area (Å²) in [5, 5.41) is -0.0687. The van der Waals surface area contributed by atoms with Crippen molar-refractivity contribution in [3.63, 3.8) is 0 Å². The zero-order valence-corrected chi connectivity index (χ0v) is 13.5. The number of ether oxygens (including phenoxy) is 1. The van der Waals surface area contributed by atoms with Crippen LogP contribution in [0.25, 0.3) is 0 Å². The molecule has 0 bridgehead atoms. The maximum Gasteiger partial charge on any atom is 0.327 e. The predicted molar refractivity (Wildman–Crippen MR) is 78.5 cm³/mol. The fourth-order valence-electron chi connectivity index (χ4n) is 1.94. The third-order valence-corrected chi connectivity index (χ3v) is 4.45. The zero-order chi connectivity index (χ0) is 14.2. The average Bonchev–Trinajstić information content (AvgIpc) is 2.33. The van der Waals surface area contributed by atoms with Gasteiger partial charge in [-0.1, -0.05) is 46.5 Å². The lowest BCUT2D eigenvalue weighted by atomic mass is 9.89. The summed E-state index contributed by atoms with van der Waals surface area (Å²) in [6.45, 7) is 6.02. The van der Waals surface area contributed by atoms with Crippen molar-refractivity contribution in [2.24, 2.45) is 5.92 Å². The second-order valence-corrected chi connectivity index (χ2v) is 6.45. The Morgan fingerprint density at radius 3 is 2.33 bits per heavy atom. The Morgan fingerprint density at radius 2 is 1.89 bits per heavy atom. The topological polar surface area (TPSA) is 26.3 Å². The van der Waals surface area contributed by atoms with Gasteiger partial charge >= 0.3 is 5.97 Å². The molecule has 0 aliphatic heterocycles. The van der Waals surface area contributed by atoms with Gasteiger partial charge in [-0.2, -0.15) is 0 Å². The molecule has 0 aromatic rings. The highest BCUT2D eigenvalue weighted by molar-refractivity contribution is 6.35. The van der Waals surface area contributed by atoms with Gasteiger partial charge in [0.25, 0.3) is 0 Å². The van der Waals surface area contributed by atoms with E-state index < -0.39 is 4.87 Å². The lowest BCUT2D eigenvalue weighted by Crippen LogP contribution is -2.41. The van der Waals surface area contributed by atoms with Gasteiger partial charge in [0.05, 0.1) is 7.11 Å². The van der Waals surface area contributed by atoms with Crippen molar-refractivity contribution in [1.82, 2.24) is 0 Å². The zero-order valence-electron chi connectivity index (χ0n) is 12.0. The van der Waals surface area contributed by atoms with Gasteiger partial charge in [-0.25, -0.2) is 0 Å². The van der Waals surface area contributed by atoms with E-state index in [2.05, 4.69) is 6.92 Å². The molecule has 0 aromatic carbocycles. The summed E-state index contributed by atoms with van der Waals surface area (Å²) in [7, 11) is 1.37. The number of rotatable bonds is 9. The van der Waals surface area contributed by atoms with Crippen LogP contribution in [-0.2, 0) is 9.53 Å². The standard InChI is InChI=1S/C14H26Cl2O2/c1-5-6-7-8-9-12(15)10-14(16,11(2)3)13(17)18-4/h11-12H,5-10H2,1-4H3. The molecule has 0 aliphatic rings. The van der Waals surface area contributed by atoms with E-state index >= 15 is 0 Å². The first-order valence-corrected chi connectivity index (χ1v) is 7.61. The molecule has 0 N–H and O–H groups in total. The monoisotopic (exact) mass is 296 g/mol. The molecule has 0 heterocycles. The summed E-state index contributed by atoms with van der Waals surface area (Å²) in [6.07, 6.45) is 6.09. The summed E-state index contributed by atoms with van der Waals surface area (Å²) < 4.78 is 4.79. The molecule has 0 amide bonds. The number of hydrogen-bond acceptors (Lipinski definition) is 2. The molecule has 0 spiro atoms. The SMILES string of the molecule is CCCCCCC(Cl)CC(Cl)(C(=O)OC)C(C)C. The van der Waals surface area contributed by atoms with Gasteiger partial charge in [0.2, 0.25) is 0 Å². The van der Waals surface area contributed by atoms with E-state index in [4.69, 9.17) is 27.9 Å². The number of unbranched alkanes of at least 4 members (excludes halogenated alkanes) is 3. The van der Waals surface area contributed by atoms with E-state index in [0.717, 1.165) is 12.8 Å². The number of halogens is 2. The first-order valence-electron chi connectivity index (χ1n) is 6.79. The molecule has 0 fully saturated rings. The molecule has 0 aliphatic carbocycles. The molecule has 18 heavy (non-hydrogen) atoms. The molecule has 2 unspecified atom stereocenters. The van der Waals surface area contributed by atoms with Gasteiger partial charge in [0.15, 0.2) is 0 Å². The number of alkyl halides is 2. The van der Waals surface area contributed by atoms with Gasteiger partial charge < -0.3 is 4.74 Å². The highest BCUT2D eigenvalue weighted by atomic mass is 35.5. The third-order valence-electron chi connectivity index (χ3n) is 3.33. The first-order chi connectivity index (χ1) is 8.38. The normalized spacial score (nSPS) is 16.4. The number of carbonyl (C=O) groups excluding carboxylic acids is 1. The van der Waals surface area contributed by atoms with E-state index in [0.29, 0.717) is 6.42 Å². The lowest BCUT2D eigenvalue weighted by molar-refractivity contribution is -0.145. The summed E-state index contributed by atoms with van der Waals surface area (Å²) in [4.78, 5) is 10.8. The Labute approximate surface area is 121 Å². The minimum Gasteiger partial charge on any atom is -0.468 e. The van der Waals surface area contributed by atoms with Gasteiger partial charge in [-0.3, -0.25) is 4.79 Å². The molecule has 2 nitrogen and oxygen atoms in total. The van der Waals surface area contributed by atoms with Crippen LogP contribution in [0.5, 0.6) is 0 Å². The molecule has 0 saturated heterocycles. The number of hydrogen-bond donors (Lipinski definition) is 0. The van der Waals surface area contributed by atoms with Crippen LogP contribution in [0.1, 0.15) is 59.3 Å². The van der Waals surface area contributed by atoms with Crippen LogP contribution >= 0.6 is 23.2 Å². The van der Waals surface area contributed by atoms with Crippen LogP contribution in [-0.4, -0.2) is 23.3 Å². The molecule has 0 aromatic heterocycles. The summed E-state index contributed by atoms with van der Waals surface area (Å²) in [5.74, 6) is -0.373. The molecule has 0 rings (SSSR count). The van der Waals surface area contributed by atoms with Gasteiger partial charge in [-0.15, -0.1) is 23.2 Å². The fourth-order valence-corrected chi connectivity index (χ4v) is 2.68. The minimum atomic E-state index is -0.994. The Balaban J connectivity index is 4.28. The quantitative estimate of drug-likeness (QED) is 0.348. The molecule has 4 heteroatoms. The van der Waals surface area contributed by atoms with E-state index in [1.165, 1.54) is 26.4 Å². The fraction of sp³-hybridized carbons (Fsp3) is 0.929. The minimum absolute atomic E-state index is 0.00325. The maximum atomic E-state index is 11.8. The van der Waals surface area contributed by atoms with Crippen molar-refractivity contribution in [2.75, 3.05) is 7.11 Å². The smallest absolute Gasteiger partial charge is 0.327 e. The van der Waals surface area contributed by atoms with E-state index in [1.54, 1.807) is 0 Å². The van der Waals surface area contributed by atoms with E-state index in [1.807, 2.05) is 13.8 Å². The van der Waals surface area contributed by atoms with Gasteiger partial charge in [0.1, 0.15) is 4.87 Å². The Kier molecular flexibility index (Phi) is 9.06. The van der Waals surface area contributed by atoms with E-state index in [-0.39, 0.29) is 17.3 Å². The second-order valence-electron chi connectivity index (χ2n) is 5.16. The van der Waals surface area contributed by atoms with Crippen LogP contribution in [0.2, 0.25) is 0 Å². The Hall–Kier alpha value is 0.0500. The summed E-state index contributed by atoms with van der Waals surface area (Å²) >= 11 is 12.7. The number of esters is 1.